The van der Waals surface area contributed by atoms with E-state index in [4.69, 9.17) is 14.2 Å². The molecule has 2 aromatic carbocycles. The van der Waals surface area contributed by atoms with E-state index in [0.29, 0.717) is 11.5 Å². The van der Waals surface area contributed by atoms with Crippen molar-refractivity contribution in [3.63, 3.8) is 0 Å². The monoisotopic (exact) mass is 394 g/mol. The predicted molar refractivity (Wildman–Crippen MR) is 99.4 cm³/mol. The Bertz CT molecular complexity index is 927. The molecule has 2 N–H and O–H groups in total. The van der Waals surface area contributed by atoms with Gasteiger partial charge in [0, 0.05) is 6.07 Å². The minimum atomic E-state index is -4.07. The van der Waals surface area contributed by atoms with Gasteiger partial charge in [-0.15, -0.1) is 4.83 Å². The standard InChI is InChI=1S/C18H22N2O6S/c1-12-5-6-15(9-13(12)2)26-11-18(21)19-20-27(22,23)17-10-14(24-3)7-8-16(17)25-4/h5-10,20H,11H2,1-4H3,(H,19,21). The average Bonchev–Trinajstić information content (AvgIpc) is 2.66. The topological polar surface area (TPSA) is 103 Å². The second-order valence-corrected chi connectivity index (χ2v) is 7.36. The lowest BCUT2D eigenvalue weighted by molar-refractivity contribution is -0.123. The van der Waals surface area contributed by atoms with E-state index < -0.39 is 15.9 Å². The van der Waals surface area contributed by atoms with Crippen LogP contribution in [-0.2, 0) is 14.8 Å². The molecule has 0 saturated heterocycles. The maximum atomic E-state index is 12.4. The molecule has 0 aromatic heterocycles. The van der Waals surface area contributed by atoms with Gasteiger partial charge >= 0.3 is 0 Å². The Labute approximate surface area is 158 Å². The summed E-state index contributed by atoms with van der Waals surface area (Å²) in [4.78, 5) is 13.8. The molecular formula is C18H22N2O6S. The van der Waals surface area contributed by atoms with Crippen molar-refractivity contribution in [2.75, 3.05) is 20.8 Å². The Hall–Kier alpha value is -2.78. The molecule has 8 nitrogen and oxygen atoms in total. The van der Waals surface area contributed by atoms with Gasteiger partial charge < -0.3 is 14.2 Å². The highest BCUT2D eigenvalue weighted by Crippen LogP contribution is 2.27. The Morgan fingerprint density at radius 2 is 1.67 bits per heavy atom. The van der Waals surface area contributed by atoms with Gasteiger partial charge in [0.1, 0.15) is 22.1 Å². The van der Waals surface area contributed by atoms with Gasteiger partial charge in [0.05, 0.1) is 14.2 Å². The van der Waals surface area contributed by atoms with Crippen LogP contribution in [0.4, 0.5) is 0 Å². The van der Waals surface area contributed by atoms with Gasteiger partial charge in [0.15, 0.2) is 6.61 Å². The molecular weight excluding hydrogens is 372 g/mol. The Balaban J connectivity index is 2.00. The van der Waals surface area contributed by atoms with Crippen molar-refractivity contribution in [3.8, 4) is 17.2 Å². The van der Waals surface area contributed by atoms with Crippen LogP contribution in [0.2, 0.25) is 0 Å². The fourth-order valence-electron chi connectivity index (χ4n) is 2.16. The van der Waals surface area contributed by atoms with Gasteiger partial charge in [-0.25, -0.2) is 8.42 Å². The average molecular weight is 394 g/mol. The summed E-state index contributed by atoms with van der Waals surface area (Å²) in [5, 5.41) is 0. The zero-order valence-corrected chi connectivity index (χ0v) is 16.3. The lowest BCUT2D eigenvalue weighted by Gasteiger charge is -2.13. The third-order valence-electron chi connectivity index (χ3n) is 3.83. The molecule has 0 fully saturated rings. The summed E-state index contributed by atoms with van der Waals surface area (Å²) in [6, 6.07) is 9.72. The van der Waals surface area contributed by atoms with Crippen LogP contribution in [0.15, 0.2) is 41.3 Å². The second kappa shape index (κ2) is 8.74. The Morgan fingerprint density at radius 1 is 0.963 bits per heavy atom. The highest BCUT2D eigenvalue weighted by molar-refractivity contribution is 7.89. The third kappa shape index (κ3) is 5.35. The van der Waals surface area contributed by atoms with Gasteiger partial charge in [-0.1, -0.05) is 6.07 Å². The first kappa shape index (κ1) is 20.5. The number of amides is 1. The van der Waals surface area contributed by atoms with Crippen LogP contribution in [-0.4, -0.2) is 35.2 Å². The van der Waals surface area contributed by atoms with Crippen LogP contribution in [0, 0.1) is 13.8 Å². The van der Waals surface area contributed by atoms with E-state index in [1.807, 2.05) is 24.7 Å². The fraction of sp³-hybridized carbons (Fsp3) is 0.278. The summed E-state index contributed by atoms with van der Waals surface area (Å²) in [7, 11) is -1.31. The summed E-state index contributed by atoms with van der Waals surface area (Å²) < 4.78 is 40.3. The number of ether oxygens (including phenoxy) is 3. The molecule has 2 aromatic rings. The number of nitrogens with one attached hydrogen (secondary N) is 2. The number of hydrazine groups is 1. The van der Waals surface area contributed by atoms with Crippen LogP contribution in [0.25, 0.3) is 0 Å². The first-order valence-corrected chi connectivity index (χ1v) is 9.48. The van der Waals surface area contributed by atoms with Gasteiger partial charge in [0.25, 0.3) is 15.9 Å². The van der Waals surface area contributed by atoms with Crippen molar-refractivity contribution in [2.24, 2.45) is 0 Å². The normalized spacial score (nSPS) is 11.0. The number of sulfonamides is 1. The second-order valence-electron chi connectivity index (χ2n) is 5.71. The molecule has 0 unspecified atom stereocenters. The van der Waals surface area contributed by atoms with Crippen LogP contribution < -0.4 is 24.5 Å². The molecule has 0 atom stereocenters. The van der Waals surface area contributed by atoms with Gasteiger partial charge in [-0.3, -0.25) is 10.2 Å². The molecule has 1 amide bonds. The zero-order chi connectivity index (χ0) is 20.0. The molecule has 27 heavy (non-hydrogen) atoms. The number of hydrogen-bond donors (Lipinski definition) is 2. The molecule has 0 saturated carbocycles. The number of methoxy groups -OCH3 is 2. The van der Waals surface area contributed by atoms with Gasteiger partial charge in [-0.05, 0) is 49.2 Å². The van der Waals surface area contributed by atoms with E-state index in [9.17, 15) is 13.2 Å². The van der Waals surface area contributed by atoms with Crippen molar-refractivity contribution < 1.29 is 27.4 Å². The number of aryl methyl sites for hydroxylation is 2. The molecule has 9 heteroatoms. The summed E-state index contributed by atoms with van der Waals surface area (Å²) in [5.41, 5.74) is 4.24. The van der Waals surface area contributed by atoms with Gasteiger partial charge in [-0.2, -0.15) is 0 Å². The minimum absolute atomic E-state index is 0.115. The first-order chi connectivity index (χ1) is 12.8. The van der Waals surface area contributed by atoms with Crippen molar-refractivity contribution in [1.82, 2.24) is 10.3 Å². The van der Waals surface area contributed by atoms with Crippen LogP contribution in [0.3, 0.4) is 0 Å². The number of carbonyl (C=O) groups excluding carboxylic acids is 1. The summed E-state index contributed by atoms with van der Waals surface area (Å²) in [6.07, 6.45) is 0. The molecule has 0 radical (unpaired) electrons. The van der Waals surface area contributed by atoms with Gasteiger partial charge in [0.2, 0.25) is 0 Å². The van der Waals surface area contributed by atoms with Crippen LogP contribution in [0.5, 0.6) is 17.2 Å². The lowest BCUT2D eigenvalue weighted by Crippen LogP contribution is -2.43. The largest absolute Gasteiger partial charge is 0.497 e. The minimum Gasteiger partial charge on any atom is -0.497 e. The van der Waals surface area contributed by atoms with Crippen molar-refractivity contribution in [1.29, 1.82) is 0 Å². The Kier molecular flexibility index (Phi) is 6.65. The number of benzene rings is 2. The number of rotatable bonds is 8. The van der Waals surface area contributed by atoms with Crippen molar-refractivity contribution >= 4 is 15.9 Å². The molecule has 0 heterocycles. The summed E-state index contributed by atoms with van der Waals surface area (Å²) in [5.74, 6) is 0.314. The van der Waals surface area contributed by atoms with Crippen molar-refractivity contribution in [3.05, 3.63) is 47.5 Å². The molecule has 0 aliphatic heterocycles. The molecule has 0 bridgehead atoms. The van der Waals surface area contributed by atoms with E-state index in [2.05, 4.69) is 5.43 Å². The van der Waals surface area contributed by atoms with E-state index >= 15 is 0 Å². The van der Waals surface area contributed by atoms with Crippen molar-refractivity contribution in [2.45, 2.75) is 18.7 Å². The number of carbonyl (C=O) groups is 1. The maximum absolute atomic E-state index is 12.4. The quantitative estimate of drug-likeness (QED) is 0.661. The molecule has 146 valence electrons. The Morgan fingerprint density at radius 3 is 2.30 bits per heavy atom. The van der Waals surface area contributed by atoms with E-state index in [1.165, 1.54) is 26.4 Å². The third-order valence-corrected chi connectivity index (χ3v) is 5.10. The van der Waals surface area contributed by atoms with Crippen LogP contribution in [0.1, 0.15) is 11.1 Å². The van der Waals surface area contributed by atoms with E-state index in [0.717, 1.165) is 11.1 Å². The SMILES string of the molecule is COc1ccc(OC)c(S(=O)(=O)NNC(=O)COc2ccc(C)c(C)c2)c1. The smallest absolute Gasteiger partial charge is 0.272 e. The zero-order valence-electron chi connectivity index (χ0n) is 15.5. The molecule has 0 spiro atoms. The highest BCUT2D eigenvalue weighted by Gasteiger charge is 2.21. The highest BCUT2D eigenvalue weighted by atomic mass is 32.2. The predicted octanol–water partition coefficient (Wildman–Crippen LogP) is 1.71. The fourth-order valence-corrected chi connectivity index (χ4v) is 3.21. The van der Waals surface area contributed by atoms with Crippen LogP contribution >= 0.6 is 0 Å². The lowest BCUT2D eigenvalue weighted by atomic mass is 10.1. The number of hydrogen-bond acceptors (Lipinski definition) is 6. The first-order valence-electron chi connectivity index (χ1n) is 7.99. The molecule has 0 aliphatic carbocycles. The van der Waals surface area contributed by atoms with E-state index in [1.54, 1.807) is 18.2 Å². The summed E-state index contributed by atoms with van der Waals surface area (Å²) >= 11 is 0. The summed E-state index contributed by atoms with van der Waals surface area (Å²) in [6.45, 7) is 3.55. The maximum Gasteiger partial charge on any atom is 0.272 e. The molecule has 2 rings (SSSR count). The van der Waals surface area contributed by atoms with E-state index in [-0.39, 0.29) is 17.3 Å². The molecule has 0 aliphatic rings.